The number of benzene rings is 1. The van der Waals surface area contributed by atoms with Crippen LogP contribution in [-0.4, -0.2) is 10.9 Å². The first kappa shape index (κ1) is 15.4. The molecule has 0 fully saturated rings. The zero-order chi connectivity index (χ0) is 14.4. The van der Waals surface area contributed by atoms with Crippen molar-refractivity contribution in [2.75, 3.05) is 0 Å². The van der Waals surface area contributed by atoms with Crippen LogP contribution >= 0.6 is 11.6 Å². The highest BCUT2D eigenvalue weighted by atomic mass is 35.5. The van der Waals surface area contributed by atoms with Crippen LogP contribution in [0.4, 0.5) is 5.69 Å². The van der Waals surface area contributed by atoms with Gasteiger partial charge in [-0.15, -0.1) is 0 Å². The molecule has 0 N–H and O–H groups in total. The van der Waals surface area contributed by atoms with E-state index < -0.39 is 10.9 Å². The van der Waals surface area contributed by atoms with Gasteiger partial charge in [0.1, 0.15) is 0 Å². The lowest BCUT2D eigenvalue weighted by molar-refractivity contribution is -0.384. The highest BCUT2D eigenvalue weighted by Crippen LogP contribution is 2.29. The fourth-order valence-electron chi connectivity index (χ4n) is 1.51. The Morgan fingerprint density at radius 1 is 1.47 bits per heavy atom. The maximum absolute atomic E-state index is 11.6. The minimum Gasteiger partial charge on any atom is -0.425 e. The first-order valence-electron chi connectivity index (χ1n) is 6.04. The summed E-state index contributed by atoms with van der Waals surface area (Å²) in [5.74, 6) is 0.127. The Morgan fingerprint density at radius 3 is 2.74 bits per heavy atom. The summed E-state index contributed by atoms with van der Waals surface area (Å²) in [7, 11) is 0. The smallest absolute Gasteiger partial charge is 0.311 e. The third-order valence-electron chi connectivity index (χ3n) is 2.51. The van der Waals surface area contributed by atoms with Crippen molar-refractivity contribution in [3.8, 4) is 5.75 Å². The average molecular weight is 286 g/mol. The van der Waals surface area contributed by atoms with E-state index in [1.54, 1.807) is 0 Å². The maximum atomic E-state index is 11.6. The molecule has 6 heteroatoms. The SMILES string of the molecule is CC(C)CCCC(=O)Oc1cc([N+](=O)[O-])ccc1Cl. The lowest BCUT2D eigenvalue weighted by atomic mass is 10.1. The third kappa shape index (κ3) is 5.26. The van der Waals surface area contributed by atoms with Crippen molar-refractivity contribution in [2.24, 2.45) is 5.92 Å². The van der Waals surface area contributed by atoms with Gasteiger partial charge in [-0.25, -0.2) is 0 Å². The molecule has 0 bridgehead atoms. The van der Waals surface area contributed by atoms with Gasteiger partial charge in [0.05, 0.1) is 16.0 Å². The van der Waals surface area contributed by atoms with E-state index in [0.29, 0.717) is 5.92 Å². The molecule has 0 aromatic heterocycles. The Morgan fingerprint density at radius 2 is 2.16 bits per heavy atom. The number of rotatable bonds is 6. The van der Waals surface area contributed by atoms with E-state index in [4.69, 9.17) is 16.3 Å². The first-order chi connectivity index (χ1) is 8.90. The fraction of sp³-hybridized carbons (Fsp3) is 0.462. The summed E-state index contributed by atoms with van der Waals surface area (Å²) in [6.07, 6.45) is 1.93. The Kier molecular flexibility index (Phi) is 5.76. The summed E-state index contributed by atoms with van der Waals surface area (Å²) in [5.41, 5.74) is -0.158. The Bertz CT molecular complexity index is 474. The van der Waals surface area contributed by atoms with Gasteiger partial charge in [-0.05, 0) is 18.4 Å². The number of carbonyl (C=O) groups is 1. The number of nitro groups is 1. The maximum Gasteiger partial charge on any atom is 0.311 e. The predicted octanol–water partition coefficient (Wildman–Crippen LogP) is 3.98. The predicted molar refractivity (Wildman–Crippen MR) is 72.4 cm³/mol. The summed E-state index contributed by atoms with van der Waals surface area (Å²) in [6, 6.07) is 3.76. The number of ether oxygens (including phenoxy) is 1. The lowest BCUT2D eigenvalue weighted by Crippen LogP contribution is -2.08. The van der Waals surface area contributed by atoms with E-state index in [1.807, 2.05) is 0 Å². The second-order valence-electron chi connectivity index (χ2n) is 4.63. The summed E-state index contributed by atoms with van der Waals surface area (Å²) in [6.45, 7) is 4.14. The number of hydrogen-bond acceptors (Lipinski definition) is 4. The van der Waals surface area contributed by atoms with Gasteiger partial charge in [0.15, 0.2) is 5.75 Å². The third-order valence-corrected chi connectivity index (χ3v) is 2.82. The van der Waals surface area contributed by atoms with Gasteiger partial charge in [-0.3, -0.25) is 14.9 Å². The molecule has 5 nitrogen and oxygen atoms in total. The van der Waals surface area contributed by atoms with Crippen LogP contribution in [0.15, 0.2) is 18.2 Å². The van der Waals surface area contributed by atoms with Gasteiger partial charge in [-0.2, -0.15) is 0 Å². The molecule has 1 rings (SSSR count). The number of esters is 1. The van der Waals surface area contributed by atoms with Crippen LogP contribution in [0.1, 0.15) is 33.1 Å². The van der Waals surface area contributed by atoms with Gasteiger partial charge < -0.3 is 4.74 Å². The van der Waals surface area contributed by atoms with E-state index in [1.165, 1.54) is 12.1 Å². The van der Waals surface area contributed by atoms with Gasteiger partial charge in [0.25, 0.3) is 5.69 Å². The number of carbonyl (C=O) groups excluding carboxylic acids is 1. The molecule has 0 aliphatic rings. The molecule has 0 amide bonds. The molecule has 0 aliphatic carbocycles. The van der Waals surface area contributed by atoms with Crippen molar-refractivity contribution in [3.63, 3.8) is 0 Å². The Labute approximate surface area is 116 Å². The van der Waals surface area contributed by atoms with Gasteiger partial charge in [0.2, 0.25) is 0 Å². The molecule has 1 aromatic rings. The van der Waals surface area contributed by atoms with Crippen LogP contribution in [0.2, 0.25) is 5.02 Å². The largest absolute Gasteiger partial charge is 0.425 e. The highest BCUT2D eigenvalue weighted by Gasteiger charge is 2.14. The van der Waals surface area contributed by atoms with Crippen LogP contribution in [-0.2, 0) is 4.79 Å². The summed E-state index contributed by atoms with van der Waals surface area (Å²) >= 11 is 5.83. The zero-order valence-electron chi connectivity index (χ0n) is 10.9. The van der Waals surface area contributed by atoms with Crippen LogP contribution in [0.5, 0.6) is 5.75 Å². The van der Waals surface area contributed by atoms with E-state index in [9.17, 15) is 14.9 Å². The highest BCUT2D eigenvalue weighted by molar-refractivity contribution is 6.32. The number of non-ortho nitro benzene ring substituents is 1. The van der Waals surface area contributed by atoms with Crippen molar-refractivity contribution >= 4 is 23.3 Å². The minimum absolute atomic E-state index is 0.0328. The molecule has 0 atom stereocenters. The summed E-state index contributed by atoms with van der Waals surface area (Å²) in [5, 5.41) is 10.8. The molecule has 0 heterocycles. The second-order valence-corrected chi connectivity index (χ2v) is 5.04. The van der Waals surface area contributed by atoms with Crippen LogP contribution in [0, 0.1) is 16.0 Å². The van der Waals surface area contributed by atoms with Crippen molar-refractivity contribution in [2.45, 2.75) is 33.1 Å². The van der Waals surface area contributed by atoms with Gasteiger partial charge in [0, 0.05) is 12.5 Å². The molecule has 0 unspecified atom stereocenters. The second kappa shape index (κ2) is 7.09. The average Bonchev–Trinajstić information content (AvgIpc) is 2.31. The van der Waals surface area contributed by atoms with Crippen LogP contribution in [0.25, 0.3) is 0 Å². The summed E-state index contributed by atoms with van der Waals surface area (Å²) < 4.78 is 5.04. The summed E-state index contributed by atoms with van der Waals surface area (Å²) in [4.78, 5) is 21.6. The molecule has 0 saturated carbocycles. The Balaban J connectivity index is 2.63. The Hall–Kier alpha value is -1.62. The monoisotopic (exact) mass is 285 g/mol. The fourth-order valence-corrected chi connectivity index (χ4v) is 1.67. The molecule has 0 radical (unpaired) electrons. The molecule has 0 saturated heterocycles. The van der Waals surface area contributed by atoms with Crippen LogP contribution in [0.3, 0.4) is 0 Å². The van der Waals surface area contributed by atoms with Crippen molar-refractivity contribution in [1.29, 1.82) is 0 Å². The van der Waals surface area contributed by atoms with Gasteiger partial charge in [-0.1, -0.05) is 31.9 Å². The van der Waals surface area contributed by atoms with E-state index in [2.05, 4.69) is 13.8 Å². The number of nitrogens with zero attached hydrogens (tertiary/aromatic N) is 1. The zero-order valence-corrected chi connectivity index (χ0v) is 11.6. The van der Waals surface area contributed by atoms with Crippen LogP contribution < -0.4 is 4.74 Å². The van der Waals surface area contributed by atoms with E-state index in [-0.39, 0.29) is 22.9 Å². The molecule has 0 spiro atoms. The molecule has 104 valence electrons. The normalized spacial score (nSPS) is 10.5. The van der Waals surface area contributed by atoms with Crippen molar-refractivity contribution < 1.29 is 14.5 Å². The number of halogens is 1. The first-order valence-corrected chi connectivity index (χ1v) is 6.42. The molecular weight excluding hydrogens is 270 g/mol. The lowest BCUT2D eigenvalue weighted by Gasteiger charge is -2.07. The number of nitro benzene ring substituents is 1. The minimum atomic E-state index is -0.563. The quantitative estimate of drug-likeness (QED) is 0.343. The number of hydrogen-bond donors (Lipinski definition) is 0. The molecule has 19 heavy (non-hydrogen) atoms. The standard InChI is InChI=1S/C13H16ClNO4/c1-9(2)4-3-5-13(16)19-12-8-10(15(17)18)6-7-11(12)14/h6-9H,3-5H2,1-2H3. The molecular formula is C13H16ClNO4. The van der Waals surface area contributed by atoms with Crippen molar-refractivity contribution in [1.82, 2.24) is 0 Å². The molecule has 0 aliphatic heterocycles. The van der Waals surface area contributed by atoms with Gasteiger partial charge >= 0.3 is 5.97 Å². The van der Waals surface area contributed by atoms with E-state index in [0.717, 1.165) is 18.9 Å². The van der Waals surface area contributed by atoms with E-state index >= 15 is 0 Å². The topological polar surface area (TPSA) is 69.4 Å². The van der Waals surface area contributed by atoms with Crippen molar-refractivity contribution in [3.05, 3.63) is 33.3 Å². The molecule has 1 aromatic carbocycles.